The number of halogens is 7. The number of ketones is 1. The van der Waals surface area contributed by atoms with Crippen molar-refractivity contribution in [1.29, 1.82) is 0 Å². The van der Waals surface area contributed by atoms with Crippen LogP contribution >= 0.6 is 11.6 Å². The lowest BCUT2D eigenvalue weighted by Crippen LogP contribution is -3.61. The minimum absolute atomic E-state index is 0.0509. The number of fused-ring (bicyclic) bond motifs is 10. The molecule has 16 aromatic rings. The van der Waals surface area contributed by atoms with Crippen molar-refractivity contribution in [2.45, 2.75) is 99.9 Å². The van der Waals surface area contributed by atoms with Gasteiger partial charge in [-0.25, -0.2) is 9.59 Å². The van der Waals surface area contributed by atoms with Crippen LogP contribution < -0.4 is 141 Å². The van der Waals surface area contributed by atoms with Crippen LogP contribution in [0, 0.1) is 42.8 Å². The molecule has 2 aliphatic rings. The van der Waals surface area contributed by atoms with Crippen molar-refractivity contribution < 1.29 is 165 Å². The Labute approximate surface area is 779 Å². The standard InChI is InChI=1S/C22H26IO6.2C20H14I.C18H20IO2.C12H7ClI.C12H8I.C2H6/c1-21(2,3)28-19(24)26-17-11-7-15(8-12-17)23-16-9-13-18(14-10-16)27-20(25)29-22(4,5)6;1-3-11-17-15(7-1)9-5-13-19(17)21-20-14-6-10-16-8-2-4-12-18(16)20;1-3-7-17-13-19(11-9-15(17)5-1)21-20-12-10-16-6-2-4-8-18(16)14-20;1-13(20)14-5-7-15(8-6-14)19-16-9-11-17(12-10-16)21-18(2,3)4;13-10-6-3-5-9-8-4-1-2-7-11(8)14-12(9)10;1-3-7-11-9(5-1)10-6-2-4-8-12(10)13-11;1-2/h7-14H,1-6H3;2*1-14H;5-12H,1-4H3;1-7H;1-8H;1-2H3/q6*+1;. The van der Waals surface area contributed by atoms with E-state index >= 15 is 0 Å². The van der Waals surface area contributed by atoms with E-state index in [1.807, 2.05) is 95.3 Å². The van der Waals surface area contributed by atoms with Gasteiger partial charge in [-0.2, -0.15) is 0 Å². The summed E-state index contributed by atoms with van der Waals surface area (Å²) in [6.07, 6.45) is -1.44. The molecule has 0 atom stereocenters. The van der Waals surface area contributed by atoms with Crippen LogP contribution in [0.5, 0.6) is 17.2 Å². The van der Waals surface area contributed by atoms with Crippen LogP contribution in [0.4, 0.5) is 9.59 Å². The van der Waals surface area contributed by atoms with Crippen molar-refractivity contribution >= 4 is 72.8 Å². The second-order valence-electron chi connectivity index (χ2n) is 30.3. The highest BCUT2D eigenvalue weighted by molar-refractivity contribution is 6.30. The minimum Gasteiger partial charge on any atom is -0.488 e. The number of carbonyl (C=O) groups is 3. The molecule has 0 unspecified atom stereocenters. The van der Waals surface area contributed by atoms with Gasteiger partial charge < -0.3 is 23.7 Å². The average molecular weight is 2290 g/mol. The van der Waals surface area contributed by atoms with Crippen LogP contribution in [-0.2, 0) is 9.47 Å². The highest BCUT2D eigenvalue weighted by Gasteiger charge is 2.36. The van der Waals surface area contributed by atoms with Crippen LogP contribution in [0.15, 0.2) is 358 Å². The van der Waals surface area contributed by atoms with Crippen molar-refractivity contribution in [2.24, 2.45) is 0 Å². The van der Waals surface area contributed by atoms with Crippen LogP contribution in [-0.4, -0.2) is 34.9 Å². The van der Waals surface area contributed by atoms with Gasteiger partial charge >= 0.3 is 140 Å². The zero-order chi connectivity index (χ0) is 85.5. The van der Waals surface area contributed by atoms with E-state index in [0.717, 1.165) is 23.5 Å². The third-order valence-electron chi connectivity index (χ3n) is 17.6. The molecule has 0 spiro atoms. The predicted molar refractivity (Wildman–Crippen MR) is 470 cm³/mol. The Balaban J connectivity index is 0.000000134. The zero-order valence-corrected chi connectivity index (χ0v) is 83.2. The van der Waals surface area contributed by atoms with Crippen molar-refractivity contribution in [3.8, 4) is 39.5 Å². The molecule has 0 radical (unpaired) electrons. The summed E-state index contributed by atoms with van der Waals surface area (Å²) >= 11 is 5.30. The molecule has 0 fully saturated rings. The Kier molecular flexibility index (Phi) is 33.3. The normalized spacial score (nSPS) is 11.3. The molecule has 2 heterocycles. The first-order chi connectivity index (χ1) is 58.3. The summed E-state index contributed by atoms with van der Waals surface area (Å²) < 4.78 is 43.4. The summed E-state index contributed by atoms with van der Waals surface area (Å²) in [6, 6.07) is 125. The van der Waals surface area contributed by atoms with E-state index in [1.165, 1.54) is 93.9 Å². The largest absolute Gasteiger partial charge is 0.514 e. The second kappa shape index (κ2) is 44.0. The van der Waals surface area contributed by atoms with Crippen molar-refractivity contribution in [3.63, 3.8) is 0 Å². The van der Waals surface area contributed by atoms with Gasteiger partial charge in [-0.1, -0.05) is 177 Å². The number of hydrogen-bond acceptors (Lipinski definition) is 8. The van der Waals surface area contributed by atoms with Crippen LogP contribution in [0.3, 0.4) is 0 Å². The zero-order valence-electron chi connectivity index (χ0n) is 69.5. The van der Waals surface area contributed by atoms with Gasteiger partial charge in [0.05, 0.1) is 5.02 Å². The topological polar surface area (TPSA) is 97.4 Å². The predicted octanol–water partition coefficient (Wildman–Crippen LogP) is 9.15. The monoisotopic (exact) mass is 2290 g/mol. The van der Waals surface area contributed by atoms with Gasteiger partial charge in [0.15, 0.2) is 27.2 Å². The highest BCUT2D eigenvalue weighted by atomic mass is 127. The van der Waals surface area contributed by atoms with Gasteiger partial charge in [0, 0.05) is 38.6 Å². The van der Waals surface area contributed by atoms with Crippen LogP contribution in [0.25, 0.3) is 65.3 Å². The molecule has 121 heavy (non-hydrogen) atoms. The van der Waals surface area contributed by atoms with Crippen molar-refractivity contribution in [1.82, 2.24) is 0 Å². The van der Waals surface area contributed by atoms with Crippen LogP contribution in [0.2, 0.25) is 5.02 Å². The molecule has 2 aliphatic heterocycles. The number of Topliss-reactive ketones (excluding diaryl/α,β-unsaturated/α-hetero) is 1. The summed E-state index contributed by atoms with van der Waals surface area (Å²) in [5.41, 5.74) is 5.08. The molecule has 0 saturated carbocycles. The number of ether oxygens (including phenoxy) is 5. The number of benzene rings is 16. The molecule has 0 aliphatic carbocycles. The van der Waals surface area contributed by atoms with Crippen molar-refractivity contribution in [3.05, 3.63) is 411 Å². The molecule has 0 amide bonds. The maximum absolute atomic E-state index is 11.7. The Hall–Kier alpha value is -8.76. The van der Waals surface area contributed by atoms with E-state index in [4.69, 9.17) is 35.3 Å². The maximum Gasteiger partial charge on any atom is 0.514 e. The van der Waals surface area contributed by atoms with Gasteiger partial charge in [0.1, 0.15) is 34.1 Å². The first kappa shape index (κ1) is 91.4. The lowest BCUT2D eigenvalue weighted by atomic mass is 10.1. The van der Waals surface area contributed by atoms with E-state index in [9.17, 15) is 14.4 Å². The molecule has 0 aromatic heterocycles. The summed E-state index contributed by atoms with van der Waals surface area (Å²) in [6.45, 7) is 22.4. The minimum atomic E-state index is -0.722. The van der Waals surface area contributed by atoms with Gasteiger partial charge in [-0.15, -0.1) is 0 Å². The van der Waals surface area contributed by atoms with E-state index in [1.54, 1.807) is 79.9 Å². The first-order valence-corrected chi connectivity index (χ1v) is 53.0. The fourth-order valence-electron chi connectivity index (χ4n) is 12.3. The molecule has 610 valence electrons. The molecule has 16 aromatic carbocycles. The third kappa shape index (κ3) is 27.6. The van der Waals surface area contributed by atoms with Gasteiger partial charge in [-0.05, 0) is 308 Å². The van der Waals surface area contributed by atoms with Crippen molar-refractivity contribution in [2.75, 3.05) is 0 Å². The quantitative estimate of drug-likeness (QED) is 0.0518. The lowest BCUT2D eigenvalue weighted by Gasteiger charge is -2.20. The highest BCUT2D eigenvalue weighted by Crippen LogP contribution is 2.27. The molecule has 15 heteroatoms. The maximum atomic E-state index is 11.7. The van der Waals surface area contributed by atoms with E-state index in [2.05, 4.69) is 273 Å². The van der Waals surface area contributed by atoms with Gasteiger partial charge in [0.25, 0.3) is 0 Å². The molecule has 8 nitrogen and oxygen atoms in total. The summed E-state index contributed by atoms with van der Waals surface area (Å²) in [5.74, 6) is 1.90. The third-order valence-corrected chi connectivity index (χ3v) is 35.5. The summed E-state index contributed by atoms with van der Waals surface area (Å²) in [4.78, 5) is 34.7. The Morgan fingerprint density at radius 1 is 0.298 bits per heavy atom. The number of rotatable bonds is 12. The Morgan fingerprint density at radius 3 is 1.03 bits per heavy atom. The van der Waals surface area contributed by atoms with E-state index < -0.39 is 44.7 Å². The van der Waals surface area contributed by atoms with Crippen LogP contribution in [0.1, 0.15) is 93.4 Å². The molecule has 0 saturated heterocycles. The fraction of sp³-hybridized carbons (Fsp3) is 0.142. The molecular weight excluding hydrogens is 2200 g/mol. The molecular formula is C106H95ClI6O8+6. The second-order valence-corrected chi connectivity index (χ2v) is 48.3. The SMILES string of the molecule is CC.CC(=O)c1ccc([I+]c2ccc(OC(C)(C)C)cc2)cc1.CC(C)(C)OC(=O)Oc1ccc([I+]c2ccc(OC(=O)OC(C)(C)C)cc2)cc1.Clc1cccc2c1[I+]c1ccccc1-2.c1ccc2c([I+]c3cccc4ccccc34)cccc2c1.c1ccc2c(c1)[I+]c1ccccc1-2.c1ccc2cc([I+]c3ccc4ccccc4c3)ccc2c1. The summed E-state index contributed by atoms with van der Waals surface area (Å²) in [7, 11) is 0. The average Bonchev–Trinajstić information content (AvgIpc) is 1.67. The number of carbonyl (C=O) groups excluding carboxylic acids is 3. The smallest absolute Gasteiger partial charge is 0.488 e. The number of hydrogen-bond donors (Lipinski definition) is 0. The molecule has 0 bridgehead atoms. The Morgan fingerprint density at radius 2 is 0.620 bits per heavy atom. The molecule has 18 rings (SSSR count). The Bertz CT molecular complexity index is 5920. The van der Waals surface area contributed by atoms with E-state index in [0.29, 0.717) is 11.5 Å². The van der Waals surface area contributed by atoms with E-state index in [-0.39, 0.29) is 117 Å². The molecule has 0 N–H and O–H groups in total. The van der Waals surface area contributed by atoms with Gasteiger partial charge in [-0.3, -0.25) is 4.79 Å². The summed E-state index contributed by atoms with van der Waals surface area (Å²) in [5, 5.41) is 11.8. The fourth-order valence-corrected chi connectivity index (χ4v) is 28.3. The lowest BCUT2D eigenvalue weighted by molar-refractivity contribution is -0.597. The van der Waals surface area contributed by atoms with Gasteiger partial charge in [0.2, 0.25) is 21.4 Å². The first-order valence-electron chi connectivity index (χ1n) is 39.6.